The van der Waals surface area contributed by atoms with Crippen molar-refractivity contribution in [3.8, 4) is 11.1 Å². The minimum atomic E-state index is -0.292. The lowest BCUT2D eigenvalue weighted by atomic mass is 10.0. The standard InChI is InChI=1S/C18H15FN4O.CH4/c1-10-17(11(2)24-23-10)12-6-15-18(21-9-20-15)16(7-12)22-14-5-3-4-13(19)8-14;/h3-9,22H,1-2H3,(H,20,21);1H4. The van der Waals surface area contributed by atoms with E-state index in [4.69, 9.17) is 4.52 Å². The highest BCUT2D eigenvalue weighted by Crippen LogP contribution is 2.34. The smallest absolute Gasteiger partial charge is 0.141 e. The number of aryl methyl sites for hydroxylation is 2. The molecule has 2 aromatic carbocycles. The zero-order valence-corrected chi connectivity index (χ0v) is 13.2. The number of benzene rings is 2. The van der Waals surface area contributed by atoms with Crippen molar-refractivity contribution >= 4 is 22.4 Å². The molecule has 0 atom stereocenters. The molecule has 0 saturated heterocycles. The summed E-state index contributed by atoms with van der Waals surface area (Å²) >= 11 is 0. The average molecular weight is 338 g/mol. The number of hydrogen-bond donors (Lipinski definition) is 2. The van der Waals surface area contributed by atoms with Crippen LogP contribution >= 0.6 is 0 Å². The SMILES string of the molecule is C.Cc1noc(C)c1-c1cc(Nc2cccc(F)c2)c2nc[nH]c2c1. The highest BCUT2D eigenvalue weighted by Gasteiger charge is 2.15. The lowest BCUT2D eigenvalue weighted by molar-refractivity contribution is 0.393. The van der Waals surface area contributed by atoms with Crippen molar-refractivity contribution in [1.29, 1.82) is 0 Å². The number of hydrogen-bond acceptors (Lipinski definition) is 4. The van der Waals surface area contributed by atoms with Gasteiger partial charge in [0.05, 0.1) is 23.2 Å². The second-order valence-corrected chi connectivity index (χ2v) is 5.66. The van der Waals surface area contributed by atoms with Crippen LogP contribution in [0.3, 0.4) is 0 Å². The number of H-pyrrole nitrogens is 1. The molecule has 0 unspecified atom stereocenters. The summed E-state index contributed by atoms with van der Waals surface area (Å²) in [4.78, 5) is 7.48. The number of aromatic amines is 1. The number of halogens is 1. The molecule has 0 saturated carbocycles. The summed E-state index contributed by atoms with van der Waals surface area (Å²) in [5.41, 5.74) is 5.85. The molecule has 6 heteroatoms. The Hall–Kier alpha value is -3.15. The molecule has 0 amide bonds. The van der Waals surface area contributed by atoms with Crippen molar-refractivity contribution in [1.82, 2.24) is 15.1 Å². The lowest BCUT2D eigenvalue weighted by Crippen LogP contribution is -1.94. The van der Waals surface area contributed by atoms with Gasteiger partial charge < -0.3 is 14.8 Å². The Labute approximate surface area is 144 Å². The van der Waals surface area contributed by atoms with E-state index in [9.17, 15) is 4.39 Å². The van der Waals surface area contributed by atoms with Gasteiger partial charge >= 0.3 is 0 Å². The molecule has 25 heavy (non-hydrogen) atoms. The Balaban J connectivity index is 0.00000182. The lowest BCUT2D eigenvalue weighted by Gasteiger charge is -2.10. The van der Waals surface area contributed by atoms with Gasteiger partial charge in [0.15, 0.2) is 0 Å². The van der Waals surface area contributed by atoms with Crippen LogP contribution in [0.2, 0.25) is 0 Å². The molecule has 0 spiro atoms. The van der Waals surface area contributed by atoms with Gasteiger partial charge in [-0.15, -0.1) is 0 Å². The summed E-state index contributed by atoms with van der Waals surface area (Å²) in [7, 11) is 0. The fourth-order valence-electron chi connectivity index (χ4n) is 2.91. The van der Waals surface area contributed by atoms with Crippen molar-refractivity contribution in [2.24, 2.45) is 0 Å². The van der Waals surface area contributed by atoms with Crippen molar-refractivity contribution in [2.45, 2.75) is 21.3 Å². The first-order valence-corrected chi connectivity index (χ1v) is 7.55. The van der Waals surface area contributed by atoms with Crippen molar-refractivity contribution in [3.63, 3.8) is 0 Å². The van der Waals surface area contributed by atoms with Crippen molar-refractivity contribution in [3.05, 3.63) is 60.0 Å². The van der Waals surface area contributed by atoms with E-state index in [1.807, 2.05) is 32.0 Å². The number of aromatic nitrogens is 3. The Bertz CT molecular complexity index is 1020. The molecule has 0 aliphatic carbocycles. The van der Waals surface area contributed by atoms with E-state index in [0.717, 1.165) is 39.3 Å². The summed E-state index contributed by atoms with van der Waals surface area (Å²) in [6, 6.07) is 10.3. The molecular weight excluding hydrogens is 319 g/mol. The Morgan fingerprint density at radius 3 is 2.72 bits per heavy atom. The monoisotopic (exact) mass is 338 g/mol. The van der Waals surface area contributed by atoms with E-state index in [-0.39, 0.29) is 13.2 Å². The number of imidazole rings is 1. The highest BCUT2D eigenvalue weighted by molar-refractivity contribution is 5.94. The largest absolute Gasteiger partial charge is 0.361 e. The minimum absolute atomic E-state index is 0. The number of anilines is 2. The van der Waals surface area contributed by atoms with E-state index < -0.39 is 0 Å². The molecule has 0 bridgehead atoms. The maximum Gasteiger partial charge on any atom is 0.141 e. The molecule has 4 aromatic rings. The molecule has 5 nitrogen and oxygen atoms in total. The molecule has 2 aromatic heterocycles. The summed E-state index contributed by atoms with van der Waals surface area (Å²) in [6.45, 7) is 3.79. The van der Waals surface area contributed by atoms with E-state index in [1.165, 1.54) is 12.1 Å². The van der Waals surface area contributed by atoms with Crippen LogP contribution in [0, 0.1) is 19.7 Å². The summed E-state index contributed by atoms with van der Waals surface area (Å²) in [5.74, 6) is 0.461. The van der Waals surface area contributed by atoms with Gasteiger partial charge in [0.2, 0.25) is 0 Å². The maximum atomic E-state index is 13.4. The number of nitrogens with one attached hydrogen (secondary N) is 2. The van der Waals surface area contributed by atoms with Gasteiger partial charge in [0.1, 0.15) is 17.1 Å². The molecule has 2 N–H and O–H groups in total. The second-order valence-electron chi connectivity index (χ2n) is 5.66. The van der Waals surface area contributed by atoms with Crippen LogP contribution in [0.25, 0.3) is 22.2 Å². The molecule has 2 heterocycles. The first-order chi connectivity index (χ1) is 11.6. The zero-order chi connectivity index (χ0) is 16.7. The second kappa shape index (κ2) is 6.39. The minimum Gasteiger partial charge on any atom is -0.361 e. The van der Waals surface area contributed by atoms with Gasteiger partial charge in [-0.05, 0) is 49.7 Å². The van der Waals surface area contributed by atoms with Crippen LogP contribution in [0.4, 0.5) is 15.8 Å². The van der Waals surface area contributed by atoms with Crippen LogP contribution in [-0.2, 0) is 0 Å². The summed E-state index contributed by atoms with van der Waals surface area (Å²) in [6.07, 6.45) is 1.64. The Morgan fingerprint density at radius 1 is 1.16 bits per heavy atom. The summed E-state index contributed by atoms with van der Waals surface area (Å²) < 4.78 is 18.7. The number of rotatable bonds is 3. The van der Waals surface area contributed by atoms with Gasteiger partial charge in [-0.2, -0.15) is 0 Å². The Morgan fingerprint density at radius 2 is 2.00 bits per heavy atom. The molecule has 0 aliphatic heterocycles. The third kappa shape index (κ3) is 2.98. The first-order valence-electron chi connectivity index (χ1n) is 7.55. The molecule has 4 rings (SSSR count). The Kier molecular flexibility index (Phi) is 4.27. The highest BCUT2D eigenvalue weighted by atomic mass is 19.1. The van der Waals surface area contributed by atoms with Crippen LogP contribution in [0.15, 0.2) is 47.2 Å². The van der Waals surface area contributed by atoms with Gasteiger partial charge in [0, 0.05) is 11.3 Å². The predicted molar refractivity (Wildman–Crippen MR) is 97.5 cm³/mol. The van der Waals surface area contributed by atoms with Crippen molar-refractivity contribution < 1.29 is 8.91 Å². The van der Waals surface area contributed by atoms with E-state index in [2.05, 4.69) is 20.4 Å². The topological polar surface area (TPSA) is 66.7 Å². The van der Waals surface area contributed by atoms with E-state index in [0.29, 0.717) is 5.69 Å². The van der Waals surface area contributed by atoms with Crippen LogP contribution in [-0.4, -0.2) is 15.1 Å². The van der Waals surface area contributed by atoms with E-state index >= 15 is 0 Å². The molecule has 128 valence electrons. The van der Waals surface area contributed by atoms with Crippen LogP contribution in [0.5, 0.6) is 0 Å². The number of nitrogens with zero attached hydrogens (tertiary/aromatic N) is 2. The van der Waals surface area contributed by atoms with Gasteiger partial charge in [-0.3, -0.25) is 0 Å². The zero-order valence-electron chi connectivity index (χ0n) is 13.2. The third-order valence-electron chi connectivity index (χ3n) is 3.95. The van der Waals surface area contributed by atoms with Crippen molar-refractivity contribution in [2.75, 3.05) is 5.32 Å². The molecule has 0 fully saturated rings. The first kappa shape index (κ1) is 16.7. The fraction of sp³-hybridized carbons (Fsp3) is 0.158. The van der Waals surface area contributed by atoms with Crippen LogP contribution in [0.1, 0.15) is 18.9 Å². The molecular formula is C19H19FN4O. The molecule has 0 radical (unpaired) electrons. The normalized spacial score (nSPS) is 10.7. The quantitative estimate of drug-likeness (QED) is 0.528. The predicted octanol–water partition coefficient (Wildman–Crippen LogP) is 5.35. The molecule has 0 aliphatic rings. The maximum absolute atomic E-state index is 13.4. The summed E-state index contributed by atoms with van der Waals surface area (Å²) in [5, 5.41) is 7.26. The fourth-order valence-corrected chi connectivity index (χ4v) is 2.91. The van der Waals surface area contributed by atoms with Crippen LogP contribution < -0.4 is 5.32 Å². The third-order valence-corrected chi connectivity index (χ3v) is 3.95. The van der Waals surface area contributed by atoms with Gasteiger partial charge in [-0.1, -0.05) is 18.6 Å². The van der Waals surface area contributed by atoms with Gasteiger partial charge in [0.25, 0.3) is 0 Å². The van der Waals surface area contributed by atoms with Gasteiger partial charge in [-0.25, -0.2) is 9.37 Å². The number of fused-ring (bicyclic) bond motifs is 1. The van der Waals surface area contributed by atoms with E-state index in [1.54, 1.807) is 12.4 Å². The average Bonchev–Trinajstić information content (AvgIpc) is 3.14.